The molecule has 0 spiro atoms. The maximum Gasteiger partial charge on any atom is 0.271 e. The highest BCUT2D eigenvalue weighted by Gasteiger charge is 2.30. The van der Waals surface area contributed by atoms with E-state index in [1.807, 2.05) is 29.8 Å². The molecule has 0 bridgehead atoms. The molecular formula is C21H23N3O2S. The van der Waals surface area contributed by atoms with E-state index in [1.165, 1.54) is 10.9 Å². The van der Waals surface area contributed by atoms with Crippen molar-refractivity contribution in [2.75, 3.05) is 13.2 Å². The van der Waals surface area contributed by atoms with Crippen LogP contribution in [0, 0.1) is 5.92 Å². The van der Waals surface area contributed by atoms with Crippen LogP contribution in [0.4, 0.5) is 0 Å². The van der Waals surface area contributed by atoms with Crippen molar-refractivity contribution in [1.29, 1.82) is 0 Å². The molecule has 5 nitrogen and oxygen atoms in total. The van der Waals surface area contributed by atoms with Crippen molar-refractivity contribution in [2.24, 2.45) is 5.92 Å². The van der Waals surface area contributed by atoms with Crippen molar-refractivity contribution >= 4 is 28.1 Å². The second-order valence-electron chi connectivity index (χ2n) is 6.95. The molecule has 1 N–H and O–H groups in total. The molecule has 2 aromatic heterocycles. The van der Waals surface area contributed by atoms with E-state index in [2.05, 4.69) is 34.3 Å². The van der Waals surface area contributed by atoms with E-state index in [-0.39, 0.29) is 17.9 Å². The third-order valence-electron chi connectivity index (χ3n) is 4.98. The van der Waals surface area contributed by atoms with Gasteiger partial charge in [0, 0.05) is 22.9 Å². The fraction of sp³-hybridized carbons (Fsp3) is 0.381. The van der Waals surface area contributed by atoms with Crippen LogP contribution < -0.4 is 5.32 Å². The summed E-state index contributed by atoms with van der Waals surface area (Å²) in [5.41, 5.74) is 2.76. The van der Waals surface area contributed by atoms with Gasteiger partial charge in [-0.15, -0.1) is 11.3 Å². The molecule has 27 heavy (non-hydrogen) atoms. The third kappa shape index (κ3) is 4.01. The standard InChI is InChI=1S/C21H23N3O2S/c1-2-5-20-23-19(13-27-20)21(25)24-18-12-26-11-15(18)10-14-8-9-22-17-7-4-3-6-16(14)17/h3-4,6-9,13,15,18H,2,5,10-12H2,1H3,(H,24,25)/t15-,18-/m1/s1. The molecule has 1 aliphatic heterocycles. The molecule has 1 saturated heterocycles. The first-order valence-electron chi connectivity index (χ1n) is 9.40. The van der Waals surface area contributed by atoms with E-state index in [1.54, 1.807) is 11.3 Å². The van der Waals surface area contributed by atoms with Crippen LogP contribution in [0.1, 0.15) is 34.4 Å². The van der Waals surface area contributed by atoms with Gasteiger partial charge in [-0.3, -0.25) is 9.78 Å². The van der Waals surface area contributed by atoms with Crippen molar-refractivity contribution in [3.8, 4) is 0 Å². The van der Waals surface area contributed by atoms with Crippen molar-refractivity contribution in [3.63, 3.8) is 0 Å². The summed E-state index contributed by atoms with van der Waals surface area (Å²) in [5.74, 6) is 0.141. The number of hydrogen-bond donors (Lipinski definition) is 1. The fourth-order valence-corrected chi connectivity index (χ4v) is 4.44. The molecule has 3 heterocycles. The summed E-state index contributed by atoms with van der Waals surface area (Å²) >= 11 is 1.56. The van der Waals surface area contributed by atoms with E-state index in [0.29, 0.717) is 18.9 Å². The summed E-state index contributed by atoms with van der Waals surface area (Å²) < 4.78 is 5.69. The van der Waals surface area contributed by atoms with Crippen molar-refractivity contribution in [2.45, 2.75) is 32.2 Å². The Morgan fingerprint density at radius 2 is 2.19 bits per heavy atom. The number of amides is 1. The maximum atomic E-state index is 12.6. The van der Waals surface area contributed by atoms with Gasteiger partial charge in [0.25, 0.3) is 5.91 Å². The van der Waals surface area contributed by atoms with E-state index in [9.17, 15) is 4.79 Å². The van der Waals surface area contributed by atoms with Crippen LogP contribution >= 0.6 is 11.3 Å². The van der Waals surface area contributed by atoms with Crippen LogP contribution in [-0.2, 0) is 17.6 Å². The summed E-state index contributed by atoms with van der Waals surface area (Å²) in [6.07, 6.45) is 4.66. The molecule has 1 aliphatic rings. The number of aryl methyl sites for hydroxylation is 1. The number of rotatable bonds is 6. The lowest BCUT2D eigenvalue weighted by Crippen LogP contribution is -2.40. The van der Waals surface area contributed by atoms with Gasteiger partial charge < -0.3 is 10.1 Å². The van der Waals surface area contributed by atoms with Crippen LogP contribution in [0.5, 0.6) is 0 Å². The Bertz CT molecular complexity index is 935. The summed E-state index contributed by atoms with van der Waals surface area (Å²) in [4.78, 5) is 21.5. The Morgan fingerprint density at radius 1 is 1.30 bits per heavy atom. The Kier molecular flexibility index (Phi) is 5.45. The van der Waals surface area contributed by atoms with Crippen LogP contribution in [0.15, 0.2) is 41.9 Å². The van der Waals surface area contributed by atoms with Crippen LogP contribution in [-0.4, -0.2) is 35.1 Å². The van der Waals surface area contributed by atoms with Crippen molar-refractivity contribution in [1.82, 2.24) is 15.3 Å². The maximum absolute atomic E-state index is 12.6. The second-order valence-corrected chi connectivity index (χ2v) is 7.89. The molecule has 3 aromatic rings. The van der Waals surface area contributed by atoms with Crippen LogP contribution in [0.2, 0.25) is 0 Å². The zero-order chi connectivity index (χ0) is 18.6. The van der Waals surface area contributed by atoms with Crippen molar-refractivity contribution < 1.29 is 9.53 Å². The average molecular weight is 382 g/mol. The van der Waals surface area contributed by atoms with E-state index in [0.717, 1.165) is 29.8 Å². The molecule has 2 atom stereocenters. The Hall–Kier alpha value is -2.31. The number of hydrogen-bond acceptors (Lipinski definition) is 5. The predicted molar refractivity (Wildman–Crippen MR) is 107 cm³/mol. The van der Waals surface area contributed by atoms with Gasteiger partial charge in [0.15, 0.2) is 0 Å². The van der Waals surface area contributed by atoms with E-state index >= 15 is 0 Å². The quantitative estimate of drug-likeness (QED) is 0.708. The fourth-order valence-electron chi connectivity index (χ4n) is 3.56. The van der Waals surface area contributed by atoms with Gasteiger partial charge in [0.2, 0.25) is 0 Å². The molecule has 140 valence electrons. The summed E-state index contributed by atoms with van der Waals surface area (Å²) in [7, 11) is 0. The van der Waals surface area contributed by atoms with Crippen molar-refractivity contribution in [3.05, 3.63) is 58.2 Å². The molecule has 0 radical (unpaired) electrons. The van der Waals surface area contributed by atoms with Gasteiger partial charge in [-0.2, -0.15) is 0 Å². The molecule has 6 heteroatoms. The number of pyridine rings is 1. The smallest absolute Gasteiger partial charge is 0.271 e. The van der Waals surface area contributed by atoms with Gasteiger partial charge in [-0.25, -0.2) is 4.98 Å². The number of fused-ring (bicyclic) bond motifs is 1. The lowest BCUT2D eigenvalue weighted by molar-refractivity contribution is 0.0920. The highest BCUT2D eigenvalue weighted by atomic mass is 32.1. The third-order valence-corrected chi connectivity index (χ3v) is 5.89. The predicted octanol–water partition coefficient (Wildman–Crippen LogP) is 3.63. The zero-order valence-corrected chi connectivity index (χ0v) is 16.2. The lowest BCUT2D eigenvalue weighted by atomic mass is 9.93. The van der Waals surface area contributed by atoms with Gasteiger partial charge >= 0.3 is 0 Å². The first-order valence-corrected chi connectivity index (χ1v) is 10.3. The number of thiazole rings is 1. The molecule has 0 saturated carbocycles. The van der Waals surface area contributed by atoms with E-state index in [4.69, 9.17) is 4.74 Å². The summed E-state index contributed by atoms with van der Waals surface area (Å²) in [5, 5.41) is 7.17. The minimum Gasteiger partial charge on any atom is -0.379 e. The Balaban J connectivity index is 1.46. The SMILES string of the molecule is CCCc1nc(C(=O)N[C@@H]2COC[C@H]2Cc2ccnc3ccccc23)cs1. The number of nitrogens with one attached hydrogen (secondary N) is 1. The monoisotopic (exact) mass is 381 g/mol. The Labute approximate surface area is 162 Å². The van der Waals surface area contributed by atoms with Gasteiger partial charge in [-0.05, 0) is 37.0 Å². The number of ether oxygens (including phenoxy) is 1. The number of para-hydroxylation sites is 1. The molecule has 1 amide bonds. The van der Waals surface area contributed by atoms with Crippen LogP contribution in [0.3, 0.4) is 0 Å². The molecular weight excluding hydrogens is 358 g/mol. The molecule has 0 unspecified atom stereocenters. The summed E-state index contributed by atoms with van der Waals surface area (Å²) in [6, 6.07) is 10.2. The highest BCUT2D eigenvalue weighted by Crippen LogP contribution is 2.24. The van der Waals surface area contributed by atoms with Gasteiger partial charge in [0.1, 0.15) is 5.69 Å². The van der Waals surface area contributed by atoms with Crippen LogP contribution in [0.25, 0.3) is 10.9 Å². The largest absolute Gasteiger partial charge is 0.379 e. The first kappa shape index (κ1) is 18.1. The minimum atomic E-state index is -0.103. The van der Waals surface area contributed by atoms with Gasteiger partial charge in [-0.1, -0.05) is 25.1 Å². The molecule has 1 fully saturated rings. The highest BCUT2D eigenvalue weighted by molar-refractivity contribution is 7.09. The summed E-state index contributed by atoms with van der Waals surface area (Å²) in [6.45, 7) is 3.32. The zero-order valence-electron chi connectivity index (χ0n) is 15.4. The first-order chi connectivity index (χ1) is 13.2. The Morgan fingerprint density at radius 3 is 3.07 bits per heavy atom. The molecule has 0 aliphatic carbocycles. The molecule has 4 rings (SSSR count). The average Bonchev–Trinajstić information content (AvgIpc) is 3.32. The number of nitrogens with zero attached hydrogens (tertiary/aromatic N) is 2. The van der Waals surface area contributed by atoms with E-state index < -0.39 is 0 Å². The molecule has 1 aromatic carbocycles. The number of carbonyl (C=O) groups excluding carboxylic acids is 1. The lowest BCUT2D eigenvalue weighted by Gasteiger charge is -2.19. The number of aromatic nitrogens is 2. The minimum absolute atomic E-state index is 0.000697. The number of benzene rings is 1. The normalized spacial score (nSPS) is 19.4. The second kappa shape index (κ2) is 8.15. The number of carbonyl (C=O) groups is 1. The topological polar surface area (TPSA) is 64.1 Å². The van der Waals surface area contributed by atoms with Gasteiger partial charge in [0.05, 0.1) is 29.8 Å².